The summed E-state index contributed by atoms with van der Waals surface area (Å²) in [5.74, 6) is 1.58. The van der Waals surface area contributed by atoms with E-state index < -0.39 is 23.1 Å². The molecule has 8 atom stereocenters. The van der Waals surface area contributed by atoms with Gasteiger partial charge in [-0.2, -0.15) is 0 Å². The third kappa shape index (κ3) is 4.02. The van der Waals surface area contributed by atoms with Gasteiger partial charge in [0.2, 0.25) is 0 Å². The van der Waals surface area contributed by atoms with Crippen molar-refractivity contribution in [3.05, 3.63) is 11.6 Å². The van der Waals surface area contributed by atoms with Gasteiger partial charge in [-0.05, 0) is 56.8 Å². The predicted octanol–water partition coefficient (Wildman–Crippen LogP) is 4.16. The zero-order valence-electron chi connectivity index (χ0n) is 23.7. The third-order valence-electron chi connectivity index (χ3n) is 11.3. The first-order chi connectivity index (χ1) is 18.6. The van der Waals surface area contributed by atoms with Crippen molar-refractivity contribution in [2.24, 2.45) is 34.5 Å². The Kier molecular flexibility index (Phi) is 6.70. The molecule has 2 aliphatic heterocycles. The fourth-order valence-electron chi connectivity index (χ4n) is 9.93. The summed E-state index contributed by atoms with van der Waals surface area (Å²) in [6, 6.07) is 0. The Hall–Kier alpha value is -1.92. The number of allylic oxidation sites excluding steroid dienone is 1. The van der Waals surface area contributed by atoms with Gasteiger partial charge in [0.15, 0.2) is 17.7 Å². The summed E-state index contributed by atoms with van der Waals surface area (Å²) in [6.07, 6.45) is 13.2. The molecule has 2 saturated heterocycles. The van der Waals surface area contributed by atoms with E-state index in [9.17, 15) is 9.59 Å². The van der Waals surface area contributed by atoms with Crippen LogP contribution in [-0.4, -0.2) is 62.1 Å². The third-order valence-corrected chi connectivity index (χ3v) is 11.3. The molecule has 8 heteroatoms. The second-order valence-corrected chi connectivity index (χ2v) is 12.9. The number of carbonyl (C=O) groups excluding carboxylic acids is 2. The molecule has 39 heavy (non-hydrogen) atoms. The fraction of sp³-hybridized carbons (Fsp3) is 0.806. The number of hydrogen-bond donors (Lipinski definition) is 0. The minimum absolute atomic E-state index is 0.0104. The number of rotatable bonds is 4. The van der Waals surface area contributed by atoms with Crippen LogP contribution < -0.4 is 0 Å². The van der Waals surface area contributed by atoms with Gasteiger partial charge in [0, 0.05) is 43.4 Å². The van der Waals surface area contributed by atoms with Crippen molar-refractivity contribution in [1.82, 2.24) is 0 Å². The van der Waals surface area contributed by atoms with Crippen molar-refractivity contribution in [2.75, 3.05) is 26.4 Å². The Bertz CT molecular complexity index is 1080. The molecule has 2 heterocycles. The van der Waals surface area contributed by atoms with Gasteiger partial charge < -0.3 is 28.4 Å². The molecule has 0 amide bonds. The van der Waals surface area contributed by atoms with E-state index in [0.717, 1.165) is 32.1 Å². The predicted molar refractivity (Wildman–Crippen MR) is 140 cm³/mol. The van der Waals surface area contributed by atoms with Gasteiger partial charge in [-0.1, -0.05) is 24.5 Å². The van der Waals surface area contributed by atoms with Gasteiger partial charge in [-0.25, -0.2) is 0 Å². The van der Waals surface area contributed by atoms with Crippen LogP contribution in [0, 0.1) is 46.8 Å². The van der Waals surface area contributed by atoms with Gasteiger partial charge >= 0.3 is 11.9 Å². The zero-order valence-corrected chi connectivity index (χ0v) is 23.7. The lowest BCUT2D eigenvalue weighted by molar-refractivity contribution is -0.243. The van der Waals surface area contributed by atoms with Gasteiger partial charge in [0.25, 0.3) is 0 Å². The lowest BCUT2D eigenvalue weighted by Crippen LogP contribution is -2.62. The molecule has 1 unspecified atom stereocenters. The summed E-state index contributed by atoms with van der Waals surface area (Å²) in [7, 11) is 0. The second-order valence-electron chi connectivity index (χ2n) is 12.9. The highest BCUT2D eigenvalue weighted by atomic mass is 16.7. The van der Waals surface area contributed by atoms with Crippen LogP contribution in [-0.2, 0) is 38.0 Å². The molecular weight excluding hydrogens is 500 g/mol. The average molecular weight is 543 g/mol. The van der Waals surface area contributed by atoms with E-state index in [2.05, 4.69) is 18.9 Å². The molecule has 4 aliphatic carbocycles. The number of esters is 2. The molecule has 0 aromatic heterocycles. The number of carbonyl (C=O) groups is 2. The summed E-state index contributed by atoms with van der Waals surface area (Å²) in [5, 5.41) is 0. The Morgan fingerprint density at radius 3 is 2.33 bits per heavy atom. The monoisotopic (exact) mass is 542 g/mol. The lowest BCUT2D eigenvalue weighted by Gasteiger charge is -2.62. The molecule has 1 spiro atoms. The minimum Gasteiger partial charge on any atom is -0.461 e. The molecule has 0 bridgehead atoms. The first kappa shape index (κ1) is 27.3. The van der Waals surface area contributed by atoms with E-state index in [0.29, 0.717) is 45.2 Å². The van der Waals surface area contributed by atoms with E-state index in [1.54, 1.807) is 0 Å². The van der Waals surface area contributed by atoms with E-state index in [4.69, 9.17) is 34.8 Å². The SMILES string of the molecule is C#CC(OC(C)=O)[C@]12CC[C@H]3[C@@H](CC=C4CC5(C[C@@H](OC(C)=O)[C@@]43C)OCCO5)[C@@H]1CC[C@@H]2C1(C)OCCO1. The number of ether oxygens (including phenoxy) is 6. The van der Waals surface area contributed by atoms with Crippen molar-refractivity contribution >= 4 is 11.9 Å². The summed E-state index contributed by atoms with van der Waals surface area (Å²) < 4.78 is 36.7. The maximum atomic E-state index is 12.4. The van der Waals surface area contributed by atoms with Crippen LogP contribution in [0.5, 0.6) is 0 Å². The van der Waals surface area contributed by atoms with E-state index in [-0.39, 0.29) is 41.2 Å². The minimum atomic E-state index is -0.759. The molecular formula is C31H42O8. The fourth-order valence-corrected chi connectivity index (χ4v) is 9.93. The average Bonchev–Trinajstić information content (AvgIpc) is 3.62. The van der Waals surface area contributed by atoms with Gasteiger partial charge in [0.05, 0.1) is 26.4 Å². The smallest absolute Gasteiger partial charge is 0.303 e. The maximum Gasteiger partial charge on any atom is 0.303 e. The summed E-state index contributed by atoms with van der Waals surface area (Å²) in [6.45, 7) is 9.44. The highest BCUT2D eigenvalue weighted by Crippen LogP contribution is 2.70. The Labute approximate surface area is 231 Å². The standard InChI is InChI=1S/C31H42O8/c1-6-26(38-19(2)32)31-12-11-23-22(24(31)9-10-25(31)29(5)34-13-14-35-29)8-7-21-17-30(36-15-16-37-30)18-27(28(21,23)4)39-20(3)33/h1,7,22-27H,8-18H2,2-5H3/t22-,23+,24+,25-,26?,27-,28+,31-/m1/s1. The van der Waals surface area contributed by atoms with Crippen molar-refractivity contribution < 1.29 is 38.0 Å². The van der Waals surface area contributed by atoms with Crippen molar-refractivity contribution in [2.45, 2.75) is 96.4 Å². The van der Waals surface area contributed by atoms with Crippen molar-refractivity contribution in [3.63, 3.8) is 0 Å². The van der Waals surface area contributed by atoms with Crippen LogP contribution in [0.1, 0.15) is 72.6 Å². The lowest BCUT2D eigenvalue weighted by atomic mass is 9.45. The molecule has 0 aromatic rings. The number of terminal acetylenes is 1. The van der Waals surface area contributed by atoms with Crippen LogP contribution in [0.15, 0.2) is 11.6 Å². The molecule has 0 aromatic carbocycles. The highest BCUT2D eigenvalue weighted by Gasteiger charge is 2.69. The number of fused-ring (bicyclic) bond motifs is 5. The molecule has 8 nitrogen and oxygen atoms in total. The first-order valence-corrected chi connectivity index (χ1v) is 14.6. The number of hydrogen-bond acceptors (Lipinski definition) is 8. The molecule has 214 valence electrons. The Balaban J connectivity index is 1.41. The molecule has 0 radical (unpaired) electrons. The van der Waals surface area contributed by atoms with E-state index in [1.807, 2.05) is 6.92 Å². The van der Waals surface area contributed by atoms with Crippen LogP contribution >= 0.6 is 0 Å². The van der Waals surface area contributed by atoms with E-state index in [1.165, 1.54) is 19.4 Å². The topological polar surface area (TPSA) is 89.5 Å². The molecule has 6 aliphatic rings. The summed E-state index contributed by atoms with van der Waals surface area (Å²) in [4.78, 5) is 24.6. The maximum absolute atomic E-state index is 12.4. The zero-order chi connectivity index (χ0) is 27.6. The van der Waals surface area contributed by atoms with Gasteiger partial charge in [-0.3, -0.25) is 9.59 Å². The van der Waals surface area contributed by atoms with Gasteiger partial charge in [0.1, 0.15) is 6.10 Å². The van der Waals surface area contributed by atoms with Crippen LogP contribution in [0.25, 0.3) is 0 Å². The van der Waals surface area contributed by atoms with Gasteiger partial charge in [-0.15, -0.1) is 6.42 Å². The highest BCUT2D eigenvalue weighted by molar-refractivity contribution is 5.67. The summed E-state index contributed by atoms with van der Waals surface area (Å²) in [5.41, 5.74) is 0.483. The second kappa shape index (κ2) is 9.58. The van der Waals surface area contributed by atoms with Crippen LogP contribution in [0.4, 0.5) is 0 Å². The Morgan fingerprint density at radius 2 is 1.69 bits per heavy atom. The van der Waals surface area contributed by atoms with Crippen molar-refractivity contribution in [1.29, 1.82) is 0 Å². The normalized spacial score (nSPS) is 42.4. The molecule has 0 N–H and O–H groups in total. The Morgan fingerprint density at radius 1 is 1.00 bits per heavy atom. The molecule has 5 fully saturated rings. The quantitative estimate of drug-likeness (QED) is 0.297. The van der Waals surface area contributed by atoms with Crippen LogP contribution in [0.2, 0.25) is 0 Å². The molecule has 3 saturated carbocycles. The first-order valence-electron chi connectivity index (χ1n) is 14.6. The summed E-state index contributed by atoms with van der Waals surface area (Å²) >= 11 is 0. The van der Waals surface area contributed by atoms with E-state index >= 15 is 0 Å². The largest absolute Gasteiger partial charge is 0.461 e. The molecule has 6 rings (SSSR count). The van der Waals surface area contributed by atoms with Crippen molar-refractivity contribution in [3.8, 4) is 12.3 Å². The van der Waals surface area contributed by atoms with Crippen LogP contribution in [0.3, 0.4) is 0 Å².